The molecule has 0 saturated carbocycles. The van der Waals surface area contributed by atoms with Crippen molar-refractivity contribution in [1.82, 2.24) is 4.98 Å². The maximum atomic E-state index is 6.93. The fourth-order valence-corrected chi connectivity index (χ4v) is 11.9. The average molecular weight is 792 g/mol. The first-order valence-corrected chi connectivity index (χ1v) is 21.8. The molecule has 62 heavy (non-hydrogen) atoms. The minimum absolute atomic E-state index is 0.100. The van der Waals surface area contributed by atoms with E-state index in [1.807, 2.05) is 0 Å². The van der Waals surface area contributed by atoms with Gasteiger partial charge in [0.15, 0.2) is 7.28 Å². The van der Waals surface area contributed by atoms with Crippen LogP contribution in [0, 0.1) is 0 Å². The van der Waals surface area contributed by atoms with E-state index in [-0.39, 0.29) is 10.8 Å². The van der Waals surface area contributed by atoms with Crippen LogP contribution in [0.2, 0.25) is 0 Å². The first kappa shape index (κ1) is 34.4. The first-order valence-electron chi connectivity index (χ1n) is 21.8. The predicted octanol–water partition coefficient (Wildman–Crippen LogP) is 14.1. The van der Waals surface area contributed by atoms with Gasteiger partial charge in [-0.1, -0.05) is 161 Å². The number of aromatic nitrogens is 1. The highest BCUT2D eigenvalue weighted by Gasteiger charge is 2.40. The Labute approximate surface area is 360 Å². The van der Waals surface area contributed by atoms with E-state index in [4.69, 9.17) is 4.42 Å². The molecule has 9 aromatic carbocycles. The number of hydrogen-bond donors (Lipinski definition) is 1. The van der Waals surface area contributed by atoms with Gasteiger partial charge in [0.25, 0.3) is 0 Å². The Morgan fingerprint density at radius 2 is 1.15 bits per heavy atom. The molecule has 0 atom stereocenters. The Hall–Kier alpha value is -7.30. The van der Waals surface area contributed by atoms with Crippen LogP contribution in [0.4, 0.5) is 17.1 Å². The summed E-state index contributed by atoms with van der Waals surface area (Å²) in [5, 5.41) is 7.21. The number of furan rings is 1. The molecule has 3 nitrogen and oxygen atoms in total. The van der Waals surface area contributed by atoms with E-state index in [1.54, 1.807) is 0 Å². The monoisotopic (exact) mass is 791 g/mol. The molecule has 3 aliphatic rings. The standard InChI is InChI=1S/C58H40BN2O/c1-57(2)43-21-10-7-16-35(43)40-28-33(25-26-45(40)57)61-49-29-41-36-17-8-11-22-44(36)58(3,4)46(41)31-47(49)59-54-42(30-51-53(56(54)61)38-18-9-12-23-50(38)62-51)37-19-13-20-39-52-34-15-6-5-14-32(34)24-27-48(52)60-55(37)39/h5-31,60H,1-4H3. The van der Waals surface area contributed by atoms with Crippen molar-refractivity contribution in [3.05, 3.63) is 186 Å². The van der Waals surface area contributed by atoms with Crippen molar-refractivity contribution in [2.75, 3.05) is 4.90 Å². The van der Waals surface area contributed by atoms with Gasteiger partial charge < -0.3 is 14.3 Å². The third kappa shape index (κ3) is 4.31. The Morgan fingerprint density at radius 1 is 0.484 bits per heavy atom. The normalized spacial score (nSPS) is 15.1. The Bertz CT molecular complexity index is 3810. The van der Waals surface area contributed by atoms with Crippen molar-refractivity contribution >= 4 is 89.8 Å². The second kappa shape index (κ2) is 11.7. The van der Waals surface area contributed by atoms with Crippen molar-refractivity contribution in [3.63, 3.8) is 0 Å². The summed E-state index contributed by atoms with van der Waals surface area (Å²) >= 11 is 0. The molecule has 0 bridgehead atoms. The zero-order chi connectivity index (χ0) is 41.2. The number of H-pyrrole nitrogens is 1. The largest absolute Gasteiger partial charge is 0.456 e. The van der Waals surface area contributed by atoms with E-state index >= 15 is 0 Å². The van der Waals surface area contributed by atoms with Gasteiger partial charge in [-0.05, 0) is 103 Å². The molecule has 2 aromatic heterocycles. The van der Waals surface area contributed by atoms with Gasteiger partial charge in [-0.25, -0.2) is 0 Å². The summed E-state index contributed by atoms with van der Waals surface area (Å²) in [6.07, 6.45) is 0. The Balaban J connectivity index is 1.12. The number of nitrogens with zero attached hydrogens (tertiary/aromatic N) is 1. The molecular weight excluding hydrogens is 751 g/mol. The van der Waals surface area contributed by atoms with Crippen LogP contribution in [0.15, 0.2) is 168 Å². The number of aromatic amines is 1. The molecule has 1 N–H and O–H groups in total. The molecule has 1 aliphatic heterocycles. The number of fused-ring (bicyclic) bond motifs is 17. The Morgan fingerprint density at radius 3 is 1.97 bits per heavy atom. The highest BCUT2D eigenvalue weighted by atomic mass is 16.3. The maximum Gasteiger partial charge on any atom is 0.197 e. The third-order valence-corrected chi connectivity index (χ3v) is 14.8. The molecule has 0 saturated heterocycles. The third-order valence-electron chi connectivity index (χ3n) is 14.8. The average Bonchev–Trinajstić information content (AvgIpc) is 4.00. The highest BCUT2D eigenvalue weighted by Crippen LogP contribution is 2.54. The molecule has 1 radical (unpaired) electrons. The zero-order valence-corrected chi connectivity index (χ0v) is 35.0. The van der Waals surface area contributed by atoms with Crippen molar-refractivity contribution in [1.29, 1.82) is 0 Å². The van der Waals surface area contributed by atoms with Crippen LogP contribution >= 0.6 is 0 Å². The van der Waals surface area contributed by atoms with E-state index < -0.39 is 0 Å². The van der Waals surface area contributed by atoms with Gasteiger partial charge in [0.05, 0.1) is 16.6 Å². The van der Waals surface area contributed by atoms with Crippen LogP contribution in [0.25, 0.3) is 87.9 Å². The summed E-state index contributed by atoms with van der Waals surface area (Å²) in [4.78, 5) is 6.49. The lowest BCUT2D eigenvalue weighted by Crippen LogP contribution is -2.41. The number of rotatable bonds is 2. The number of benzene rings is 9. The van der Waals surface area contributed by atoms with Crippen LogP contribution in [-0.2, 0) is 10.8 Å². The van der Waals surface area contributed by atoms with Gasteiger partial charge in [0.2, 0.25) is 0 Å². The Kier molecular flexibility index (Phi) is 6.52. The second-order valence-electron chi connectivity index (χ2n) is 18.7. The molecule has 3 heterocycles. The lowest BCUT2D eigenvalue weighted by atomic mass is 9.57. The molecule has 0 amide bonds. The van der Waals surface area contributed by atoms with Crippen LogP contribution < -0.4 is 15.8 Å². The second-order valence-corrected chi connectivity index (χ2v) is 18.7. The van der Waals surface area contributed by atoms with Crippen molar-refractivity contribution < 1.29 is 4.42 Å². The first-order chi connectivity index (χ1) is 30.3. The zero-order valence-electron chi connectivity index (χ0n) is 35.0. The topological polar surface area (TPSA) is 32.2 Å². The van der Waals surface area contributed by atoms with Gasteiger partial charge >= 0.3 is 0 Å². The molecule has 0 unspecified atom stereocenters. The van der Waals surface area contributed by atoms with Crippen LogP contribution in [0.5, 0.6) is 0 Å². The summed E-state index contributed by atoms with van der Waals surface area (Å²) in [5.41, 5.74) is 22.6. The van der Waals surface area contributed by atoms with E-state index in [1.165, 1.54) is 82.7 Å². The minimum atomic E-state index is -0.144. The molecule has 14 rings (SSSR count). The molecule has 2 aliphatic carbocycles. The molecule has 0 spiro atoms. The van der Waals surface area contributed by atoms with Gasteiger partial charge in [-0.2, -0.15) is 0 Å². The number of nitrogens with one attached hydrogen (secondary N) is 1. The number of anilines is 3. The lowest BCUT2D eigenvalue weighted by Gasteiger charge is -2.37. The molecule has 291 valence electrons. The van der Waals surface area contributed by atoms with Gasteiger partial charge in [-0.15, -0.1) is 0 Å². The highest BCUT2D eigenvalue weighted by molar-refractivity contribution is 6.74. The van der Waals surface area contributed by atoms with E-state index in [0.717, 1.165) is 55.5 Å². The fraction of sp³-hybridized carbons (Fsp3) is 0.103. The number of hydrogen-bond acceptors (Lipinski definition) is 2. The summed E-state index contributed by atoms with van der Waals surface area (Å²) in [5.74, 6) is 0. The van der Waals surface area contributed by atoms with Crippen molar-refractivity contribution in [2.45, 2.75) is 38.5 Å². The number of para-hydroxylation sites is 2. The van der Waals surface area contributed by atoms with Crippen LogP contribution in [0.3, 0.4) is 0 Å². The van der Waals surface area contributed by atoms with E-state index in [9.17, 15) is 0 Å². The van der Waals surface area contributed by atoms with Crippen molar-refractivity contribution in [2.24, 2.45) is 0 Å². The molecular formula is C58H40BN2O. The smallest absolute Gasteiger partial charge is 0.197 e. The molecule has 0 fully saturated rings. The molecule has 11 aromatic rings. The van der Waals surface area contributed by atoms with Crippen LogP contribution in [-0.4, -0.2) is 12.3 Å². The van der Waals surface area contributed by atoms with E-state index in [0.29, 0.717) is 0 Å². The molecule has 4 heteroatoms. The van der Waals surface area contributed by atoms with E-state index in [2.05, 4.69) is 209 Å². The van der Waals surface area contributed by atoms with Gasteiger partial charge in [-0.3, -0.25) is 0 Å². The fourth-order valence-electron chi connectivity index (χ4n) is 11.9. The van der Waals surface area contributed by atoms with Gasteiger partial charge in [0, 0.05) is 49.4 Å². The lowest BCUT2D eigenvalue weighted by molar-refractivity contribution is 0.660. The summed E-state index contributed by atoms with van der Waals surface area (Å²) in [7, 11) is 2.47. The SMILES string of the molecule is CC1(C)c2ccccc2-c2cc(N3c4cc5c(cc4[B]c4c(-c6cccc7c6[nH]c6ccc8ccccc8c67)cc6oc7ccccc7c6c43)C(C)(C)c3ccccc3-5)ccc21. The quantitative estimate of drug-likeness (QED) is 0.177. The van der Waals surface area contributed by atoms with Crippen LogP contribution in [0.1, 0.15) is 49.9 Å². The predicted molar refractivity (Wildman–Crippen MR) is 261 cm³/mol. The van der Waals surface area contributed by atoms with Gasteiger partial charge in [0.1, 0.15) is 11.2 Å². The maximum absolute atomic E-state index is 6.93. The summed E-state index contributed by atoms with van der Waals surface area (Å²) in [6.45, 7) is 9.48. The van der Waals surface area contributed by atoms with Crippen molar-refractivity contribution in [3.8, 4) is 33.4 Å². The summed E-state index contributed by atoms with van der Waals surface area (Å²) < 4.78 is 6.93. The summed E-state index contributed by atoms with van der Waals surface area (Å²) in [6, 6.07) is 60.9. The minimum Gasteiger partial charge on any atom is -0.456 e.